The normalized spacial score (nSPS) is 10.2. The Balaban J connectivity index is 1.67. The third-order valence-electron chi connectivity index (χ3n) is 3.17. The monoisotopic (exact) mass is 291 g/mol. The topological polar surface area (TPSA) is 75.9 Å². The molecular formula is C17H17N5. The average Bonchev–Trinajstić information content (AvgIpc) is 2.54. The lowest BCUT2D eigenvalue weighted by atomic mass is 10.2. The van der Waals surface area contributed by atoms with E-state index in [1.54, 1.807) is 0 Å². The highest BCUT2D eigenvalue weighted by atomic mass is 15.2. The van der Waals surface area contributed by atoms with Gasteiger partial charge in [-0.05, 0) is 55.5 Å². The Morgan fingerprint density at radius 3 is 1.59 bits per heavy atom. The summed E-state index contributed by atoms with van der Waals surface area (Å²) in [5.41, 5.74) is 9.52. The molecule has 0 saturated heterocycles. The van der Waals surface area contributed by atoms with Crippen LogP contribution >= 0.6 is 0 Å². The van der Waals surface area contributed by atoms with Gasteiger partial charge in [-0.15, -0.1) is 10.2 Å². The van der Waals surface area contributed by atoms with Gasteiger partial charge in [-0.1, -0.05) is 17.7 Å². The number of hydrogen-bond donors (Lipinski definition) is 3. The van der Waals surface area contributed by atoms with Gasteiger partial charge in [0.2, 0.25) is 0 Å². The van der Waals surface area contributed by atoms with E-state index in [4.69, 9.17) is 5.73 Å². The van der Waals surface area contributed by atoms with Gasteiger partial charge >= 0.3 is 0 Å². The lowest BCUT2D eigenvalue weighted by Crippen LogP contribution is -1.99. The number of nitrogens with two attached hydrogens (primary N) is 1. The zero-order valence-corrected chi connectivity index (χ0v) is 12.2. The number of nitrogens with one attached hydrogen (secondary N) is 2. The number of nitrogen functional groups attached to an aromatic ring is 1. The first-order chi connectivity index (χ1) is 10.7. The third-order valence-corrected chi connectivity index (χ3v) is 3.17. The van der Waals surface area contributed by atoms with Crippen LogP contribution in [0.25, 0.3) is 0 Å². The van der Waals surface area contributed by atoms with Gasteiger partial charge in [0.05, 0.1) is 0 Å². The summed E-state index contributed by atoms with van der Waals surface area (Å²) in [6, 6.07) is 19.3. The van der Waals surface area contributed by atoms with Gasteiger partial charge in [0.15, 0.2) is 11.6 Å². The molecule has 0 bridgehead atoms. The van der Waals surface area contributed by atoms with Crippen molar-refractivity contribution in [3.63, 3.8) is 0 Å². The summed E-state index contributed by atoms with van der Waals surface area (Å²) in [5, 5.41) is 14.7. The Hall–Kier alpha value is -3.08. The number of nitrogens with zero attached hydrogens (tertiary/aromatic N) is 2. The molecule has 0 saturated carbocycles. The summed E-state index contributed by atoms with van der Waals surface area (Å²) in [7, 11) is 0. The molecule has 0 aliphatic heterocycles. The van der Waals surface area contributed by atoms with Gasteiger partial charge < -0.3 is 16.4 Å². The summed E-state index contributed by atoms with van der Waals surface area (Å²) in [6.45, 7) is 2.06. The van der Waals surface area contributed by atoms with Gasteiger partial charge in [0.1, 0.15) is 0 Å². The Morgan fingerprint density at radius 1 is 0.682 bits per heavy atom. The molecule has 110 valence electrons. The molecule has 2 aromatic carbocycles. The van der Waals surface area contributed by atoms with Crippen molar-refractivity contribution in [2.45, 2.75) is 6.92 Å². The van der Waals surface area contributed by atoms with Crippen LogP contribution in [0.5, 0.6) is 0 Å². The van der Waals surface area contributed by atoms with Gasteiger partial charge in [-0.25, -0.2) is 0 Å². The molecule has 0 unspecified atom stereocenters. The van der Waals surface area contributed by atoms with Gasteiger partial charge in [0, 0.05) is 17.1 Å². The summed E-state index contributed by atoms with van der Waals surface area (Å²) in [6.07, 6.45) is 0. The standard InChI is InChI=1S/C17H17N5/c1-12-2-6-14(7-3-12)19-16-10-11-17(22-21-16)20-15-8-4-13(18)5-9-15/h2-11H,18H2,1H3,(H,19,21)(H,20,22). The second kappa shape index (κ2) is 6.13. The lowest BCUT2D eigenvalue weighted by Gasteiger charge is -2.07. The second-order valence-corrected chi connectivity index (χ2v) is 5.04. The van der Waals surface area contributed by atoms with E-state index in [1.807, 2.05) is 60.7 Å². The number of anilines is 5. The molecule has 3 aromatic rings. The first-order valence-electron chi connectivity index (χ1n) is 6.99. The smallest absolute Gasteiger partial charge is 0.153 e. The molecule has 0 amide bonds. The van der Waals surface area contributed by atoms with E-state index < -0.39 is 0 Å². The van der Waals surface area contributed by atoms with Crippen LogP contribution in [0.1, 0.15) is 5.56 Å². The van der Waals surface area contributed by atoms with Crippen LogP contribution < -0.4 is 16.4 Å². The van der Waals surface area contributed by atoms with Gasteiger partial charge in [-0.3, -0.25) is 0 Å². The lowest BCUT2D eigenvalue weighted by molar-refractivity contribution is 1.04. The molecule has 4 N–H and O–H groups in total. The van der Waals surface area contributed by atoms with Crippen LogP contribution in [-0.4, -0.2) is 10.2 Å². The number of benzene rings is 2. The summed E-state index contributed by atoms with van der Waals surface area (Å²) < 4.78 is 0. The number of aromatic nitrogens is 2. The van der Waals surface area contributed by atoms with Gasteiger partial charge in [0.25, 0.3) is 0 Å². The molecule has 5 nitrogen and oxygen atoms in total. The SMILES string of the molecule is Cc1ccc(Nc2ccc(Nc3ccc(N)cc3)nn2)cc1. The zero-order valence-electron chi connectivity index (χ0n) is 12.2. The van der Waals surface area contributed by atoms with Crippen molar-refractivity contribution in [2.75, 3.05) is 16.4 Å². The quantitative estimate of drug-likeness (QED) is 0.636. The Kier molecular flexibility index (Phi) is 3.87. The summed E-state index contributed by atoms with van der Waals surface area (Å²) in [5.74, 6) is 1.38. The van der Waals surface area contributed by atoms with Crippen LogP contribution in [0.3, 0.4) is 0 Å². The minimum Gasteiger partial charge on any atom is -0.399 e. The van der Waals surface area contributed by atoms with Crippen LogP contribution in [-0.2, 0) is 0 Å². The molecular weight excluding hydrogens is 274 g/mol. The van der Waals surface area contributed by atoms with E-state index in [1.165, 1.54) is 5.56 Å². The van der Waals surface area contributed by atoms with Crippen molar-refractivity contribution in [3.8, 4) is 0 Å². The fraction of sp³-hybridized carbons (Fsp3) is 0.0588. The first-order valence-corrected chi connectivity index (χ1v) is 6.99. The minimum atomic E-state index is 0.680. The Bertz CT molecular complexity index is 667. The molecule has 5 heteroatoms. The molecule has 0 aliphatic carbocycles. The molecule has 1 heterocycles. The second-order valence-electron chi connectivity index (χ2n) is 5.04. The highest BCUT2D eigenvalue weighted by Crippen LogP contribution is 2.18. The van der Waals surface area contributed by atoms with Crippen LogP contribution in [0.4, 0.5) is 28.7 Å². The number of hydrogen-bond acceptors (Lipinski definition) is 5. The van der Waals surface area contributed by atoms with Crippen molar-refractivity contribution in [2.24, 2.45) is 0 Å². The fourth-order valence-electron chi connectivity index (χ4n) is 1.96. The molecule has 0 fully saturated rings. The molecule has 1 aromatic heterocycles. The predicted octanol–water partition coefficient (Wildman–Crippen LogP) is 3.85. The average molecular weight is 291 g/mol. The van der Waals surface area contributed by atoms with Crippen LogP contribution in [0, 0.1) is 6.92 Å². The Morgan fingerprint density at radius 2 is 1.14 bits per heavy atom. The highest BCUT2D eigenvalue weighted by Gasteiger charge is 2.00. The van der Waals surface area contributed by atoms with E-state index in [0.717, 1.165) is 17.1 Å². The molecule has 3 rings (SSSR count). The van der Waals surface area contributed by atoms with E-state index >= 15 is 0 Å². The largest absolute Gasteiger partial charge is 0.399 e. The van der Waals surface area contributed by atoms with Crippen molar-refractivity contribution >= 4 is 28.7 Å². The maximum absolute atomic E-state index is 5.66. The first kappa shape index (κ1) is 13.9. The molecule has 0 atom stereocenters. The molecule has 0 aliphatic rings. The van der Waals surface area contributed by atoms with E-state index in [2.05, 4.69) is 27.8 Å². The third kappa shape index (κ3) is 3.52. The number of rotatable bonds is 4. The predicted molar refractivity (Wildman–Crippen MR) is 90.6 cm³/mol. The molecule has 22 heavy (non-hydrogen) atoms. The molecule has 0 radical (unpaired) electrons. The van der Waals surface area contributed by atoms with E-state index in [0.29, 0.717) is 11.6 Å². The van der Waals surface area contributed by atoms with Gasteiger partial charge in [-0.2, -0.15) is 0 Å². The van der Waals surface area contributed by atoms with E-state index in [-0.39, 0.29) is 0 Å². The highest BCUT2D eigenvalue weighted by molar-refractivity contribution is 5.61. The van der Waals surface area contributed by atoms with Crippen LogP contribution in [0.2, 0.25) is 0 Å². The number of aryl methyl sites for hydroxylation is 1. The summed E-state index contributed by atoms with van der Waals surface area (Å²) >= 11 is 0. The minimum absolute atomic E-state index is 0.680. The zero-order chi connectivity index (χ0) is 15.4. The van der Waals surface area contributed by atoms with Crippen molar-refractivity contribution in [1.29, 1.82) is 0 Å². The van der Waals surface area contributed by atoms with Crippen LogP contribution in [0.15, 0.2) is 60.7 Å². The van der Waals surface area contributed by atoms with E-state index in [9.17, 15) is 0 Å². The Labute approximate surface area is 129 Å². The fourth-order valence-corrected chi connectivity index (χ4v) is 1.96. The summed E-state index contributed by atoms with van der Waals surface area (Å²) in [4.78, 5) is 0. The van der Waals surface area contributed by atoms with Crippen molar-refractivity contribution < 1.29 is 0 Å². The maximum atomic E-state index is 5.66. The molecule has 0 spiro atoms. The van der Waals surface area contributed by atoms with Crippen molar-refractivity contribution in [3.05, 3.63) is 66.2 Å². The maximum Gasteiger partial charge on any atom is 0.153 e. The van der Waals surface area contributed by atoms with Crippen molar-refractivity contribution in [1.82, 2.24) is 10.2 Å².